The van der Waals surface area contributed by atoms with Crippen molar-refractivity contribution < 1.29 is 4.79 Å². The van der Waals surface area contributed by atoms with E-state index in [-0.39, 0.29) is 11.9 Å². The fraction of sp³-hybridized carbons (Fsp3) is 0.235. The predicted molar refractivity (Wildman–Crippen MR) is 88.3 cm³/mol. The van der Waals surface area contributed by atoms with E-state index in [1.54, 1.807) is 18.2 Å². The fourth-order valence-corrected chi connectivity index (χ4v) is 2.75. The summed E-state index contributed by atoms with van der Waals surface area (Å²) in [4.78, 5) is 12.3. The molecule has 0 aliphatic heterocycles. The Kier molecular flexibility index (Phi) is 4.92. The topological polar surface area (TPSA) is 29.1 Å². The molecule has 1 amide bonds. The summed E-state index contributed by atoms with van der Waals surface area (Å²) in [5.74, 6) is -0.204. The van der Waals surface area contributed by atoms with Crippen molar-refractivity contribution in [1.82, 2.24) is 5.32 Å². The molecule has 2 nitrogen and oxygen atoms in total. The molecule has 110 valence electrons. The molecule has 0 aliphatic carbocycles. The normalized spacial score (nSPS) is 12.0. The molecule has 1 unspecified atom stereocenters. The van der Waals surface area contributed by atoms with E-state index in [1.807, 2.05) is 20.8 Å². The number of carbonyl (C=O) groups excluding carboxylic acids is 1. The van der Waals surface area contributed by atoms with Crippen LogP contribution in [0.5, 0.6) is 0 Å². The summed E-state index contributed by atoms with van der Waals surface area (Å²) >= 11 is 11.9. The van der Waals surface area contributed by atoms with Crippen LogP contribution in [0.3, 0.4) is 0 Å². The lowest BCUT2D eigenvalue weighted by Crippen LogP contribution is -2.27. The first-order valence-electron chi connectivity index (χ1n) is 6.71. The Bertz CT molecular complexity index is 682. The lowest BCUT2D eigenvalue weighted by atomic mass is 10.00. The van der Waals surface area contributed by atoms with Gasteiger partial charge in [-0.1, -0.05) is 47.0 Å². The van der Waals surface area contributed by atoms with Crippen LogP contribution in [-0.4, -0.2) is 5.91 Å². The highest BCUT2D eigenvalue weighted by atomic mass is 35.5. The third kappa shape index (κ3) is 3.78. The Morgan fingerprint density at radius 3 is 2.48 bits per heavy atom. The average molecular weight is 322 g/mol. The molecule has 0 fully saturated rings. The maximum Gasteiger partial charge on any atom is 0.253 e. The molecule has 0 bridgehead atoms. The first-order chi connectivity index (χ1) is 9.88. The molecule has 0 heterocycles. The van der Waals surface area contributed by atoms with Gasteiger partial charge in [0.2, 0.25) is 0 Å². The van der Waals surface area contributed by atoms with Gasteiger partial charge in [0, 0.05) is 5.02 Å². The van der Waals surface area contributed by atoms with Crippen molar-refractivity contribution in [2.45, 2.75) is 26.8 Å². The van der Waals surface area contributed by atoms with Crippen LogP contribution >= 0.6 is 23.2 Å². The van der Waals surface area contributed by atoms with Crippen molar-refractivity contribution in [3.8, 4) is 0 Å². The molecule has 2 aromatic rings. The zero-order valence-corrected chi connectivity index (χ0v) is 13.7. The molecular formula is C17H17Cl2NO. The minimum Gasteiger partial charge on any atom is -0.345 e. The van der Waals surface area contributed by atoms with Crippen LogP contribution in [0.1, 0.15) is 40.0 Å². The van der Waals surface area contributed by atoms with Crippen molar-refractivity contribution in [1.29, 1.82) is 0 Å². The second kappa shape index (κ2) is 6.50. The molecule has 2 aromatic carbocycles. The number of rotatable bonds is 3. The highest BCUT2D eigenvalue weighted by Crippen LogP contribution is 2.23. The largest absolute Gasteiger partial charge is 0.345 e. The van der Waals surface area contributed by atoms with Crippen molar-refractivity contribution in [2.24, 2.45) is 0 Å². The SMILES string of the molecule is Cc1ccc(C)c(C(C)NC(=O)c2ccc(Cl)cc2Cl)c1. The van der Waals surface area contributed by atoms with Gasteiger partial charge in [-0.2, -0.15) is 0 Å². The van der Waals surface area contributed by atoms with E-state index in [0.717, 1.165) is 11.1 Å². The zero-order valence-electron chi connectivity index (χ0n) is 12.2. The van der Waals surface area contributed by atoms with Crippen LogP contribution in [0, 0.1) is 13.8 Å². The number of carbonyl (C=O) groups is 1. The van der Waals surface area contributed by atoms with Gasteiger partial charge in [-0.25, -0.2) is 0 Å². The van der Waals surface area contributed by atoms with E-state index in [0.29, 0.717) is 15.6 Å². The van der Waals surface area contributed by atoms with E-state index < -0.39 is 0 Å². The molecule has 1 atom stereocenters. The smallest absolute Gasteiger partial charge is 0.253 e. The number of amides is 1. The fourth-order valence-electron chi connectivity index (χ4n) is 2.25. The van der Waals surface area contributed by atoms with Gasteiger partial charge in [-0.05, 0) is 50.1 Å². The summed E-state index contributed by atoms with van der Waals surface area (Å²) in [6.07, 6.45) is 0. The molecule has 0 aromatic heterocycles. The molecule has 0 aliphatic rings. The van der Waals surface area contributed by atoms with Crippen LogP contribution in [0.2, 0.25) is 10.0 Å². The molecular weight excluding hydrogens is 305 g/mol. The van der Waals surface area contributed by atoms with E-state index in [4.69, 9.17) is 23.2 Å². The van der Waals surface area contributed by atoms with Crippen LogP contribution in [-0.2, 0) is 0 Å². The van der Waals surface area contributed by atoms with Gasteiger partial charge in [0.15, 0.2) is 0 Å². The minimum atomic E-state index is -0.204. The molecule has 1 N–H and O–H groups in total. The molecule has 2 rings (SSSR count). The summed E-state index contributed by atoms with van der Waals surface area (Å²) in [5, 5.41) is 3.84. The Morgan fingerprint density at radius 2 is 1.81 bits per heavy atom. The summed E-state index contributed by atoms with van der Waals surface area (Å²) in [7, 11) is 0. The van der Waals surface area contributed by atoms with Crippen molar-refractivity contribution >= 4 is 29.1 Å². The lowest BCUT2D eigenvalue weighted by molar-refractivity contribution is 0.0940. The van der Waals surface area contributed by atoms with Gasteiger partial charge < -0.3 is 5.32 Å². The van der Waals surface area contributed by atoms with Gasteiger partial charge in [-0.15, -0.1) is 0 Å². The third-order valence-corrected chi connectivity index (χ3v) is 3.97. The van der Waals surface area contributed by atoms with Crippen molar-refractivity contribution in [3.63, 3.8) is 0 Å². The highest BCUT2D eigenvalue weighted by Gasteiger charge is 2.15. The summed E-state index contributed by atoms with van der Waals surface area (Å²) in [5.41, 5.74) is 3.85. The number of nitrogens with one attached hydrogen (secondary N) is 1. The Labute approximate surface area is 135 Å². The maximum atomic E-state index is 12.3. The molecule has 0 saturated carbocycles. The van der Waals surface area contributed by atoms with Gasteiger partial charge >= 0.3 is 0 Å². The van der Waals surface area contributed by atoms with Gasteiger partial charge in [0.05, 0.1) is 16.6 Å². The third-order valence-electron chi connectivity index (χ3n) is 3.42. The second-order valence-electron chi connectivity index (χ2n) is 5.18. The van der Waals surface area contributed by atoms with E-state index >= 15 is 0 Å². The van der Waals surface area contributed by atoms with Gasteiger partial charge in [0.25, 0.3) is 5.91 Å². The Morgan fingerprint density at radius 1 is 1.10 bits per heavy atom. The van der Waals surface area contributed by atoms with E-state index in [2.05, 4.69) is 23.5 Å². The Hall–Kier alpha value is -1.51. The maximum absolute atomic E-state index is 12.3. The number of aryl methyl sites for hydroxylation is 2. The monoisotopic (exact) mass is 321 g/mol. The van der Waals surface area contributed by atoms with Gasteiger partial charge in [-0.3, -0.25) is 4.79 Å². The van der Waals surface area contributed by atoms with Crippen LogP contribution in [0.4, 0.5) is 0 Å². The summed E-state index contributed by atoms with van der Waals surface area (Å²) in [6.45, 7) is 6.03. The standard InChI is InChI=1S/C17H17Cl2NO/c1-10-4-5-11(2)15(8-10)12(3)20-17(21)14-7-6-13(18)9-16(14)19/h4-9,12H,1-3H3,(H,20,21). The molecule has 21 heavy (non-hydrogen) atoms. The Balaban J connectivity index is 2.20. The van der Waals surface area contributed by atoms with Crippen LogP contribution in [0.15, 0.2) is 36.4 Å². The minimum absolute atomic E-state index is 0.0934. The predicted octanol–water partition coefficient (Wildman–Crippen LogP) is 5.10. The van der Waals surface area contributed by atoms with E-state index in [9.17, 15) is 4.79 Å². The molecule has 0 radical (unpaired) electrons. The lowest BCUT2D eigenvalue weighted by Gasteiger charge is -2.18. The van der Waals surface area contributed by atoms with Crippen LogP contribution in [0.25, 0.3) is 0 Å². The number of hydrogen-bond donors (Lipinski definition) is 1. The quantitative estimate of drug-likeness (QED) is 0.837. The van der Waals surface area contributed by atoms with Crippen molar-refractivity contribution in [2.75, 3.05) is 0 Å². The van der Waals surface area contributed by atoms with E-state index in [1.165, 1.54) is 5.56 Å². The first-order valence-corrected chi connectivity index (χ1v) is 7.47. The first kappa shape index (κ1) is 15.9. The summed E-state index contributed by atoms with van der Waals surface area (Å²) in [6, 6.07) is 11.0. The molecule has 0 saturated heterocycles. The average Bonchev–Trinajstić information content (AvgIpc) is 2.41. The molecule has 4 heteroatoms. The zero-order chi connectivity index (χ0) is 15.6. The second-order valence-corrected chi connectivity index (χ2v) is 6.02. The van der Waals surface area contributed by atoms with Crippen LogP contribution < -0.4 is 5.32 Å². The number of hydrogen-bond acceptors (Lipinski definition) is 1. The van der Waals surface area contributed by atoms with Crippen molar-refractivity contribution in [3.05, 3.63) is 68.7 Å². The highest BCUT2D eigenvalue weighted by molar-refractivity contribution is 6.36. The van der Waals surface area contributed by atoms with Gasteiger partial charge in [0.1, 0.15) is 0 Å². The number of benzene rings is 2. The summed E-state index contributed by atoms with van der Waals surface area (Å²) < 4.78 is 0. The molecule has 0 spiro atoms. The number of halogens is 2.